The van der Waals surface area contributed by atoms with E-state index >= 15 is 0 Å². The third-order valence-corrected chi connectivity index (χ3v) is 8.83. The molecule has 6 heteroatoms. The first-order valence-electron chi connectivity index (χ1n) is 10.6. The Kier molecular flexibility index (Phi) is 5.25. The molecule has 0 atom stereocenters. The van der Waals surface area contributed by atoms with Gasteiger partial charge in [-0.2, -0.15) is 0 Å². The number of halogens is 2. The van der Waals surface area contributed by atoms with Gasteiger partial charge in [0.25, 0.3) is 0 Å². The summed E-state index contributed by atoms with van der Waals surface area (Å²) in [6.45, 7) is 0. The summed E-state index contributed by atoms with van der Waals surface area (Å²) in [6.07, 6.45) is 3.38. The van der Waals surface area contributed by atoms with Crippen molar-refractivity contribution in [1.29, 1.82) is 0 Å². The van der Waals surface area contributed by atoms with E-state index in [2.05, 4.69) is 28.2 Å². The average molecular weight is 626 g/mol. The van der Waals surface area contributed by atoms with E-state index in [-0.39, 0.29) is 0 Å². The molecule has 6 aromatic rings. The Morgan fingerprint density at radius 2 is 1.53 bits per heavy atom. The fourth-order valence-electron chi connectivity index (χ4n) is 4.15. The number of nitrogens with one attached hydrogen (secondary N) is 1. The van der Waals surface area contributed by atoms with E-state index in [1.54, 1.807) is 30.6 Å². The van der Waals surface area contributed by atoms with Crippen LogP contribution in [-0.4, -0.2) is 15.0 Å². The van der Waals surface area contributed by atoms with E-state index in [1.807, 2.05) is 36.4 Å². The molecule has 1 N–H and O–H groups in total. The zero-order chi connectivity index (χ0) is 23.1. The molecule has 3 heterocycles. The predicted octanol–water partition coefficient (Wildman–Crippen LogP) is 5.76. The molecule has 34 heavy (non-hydrogen) atoms. The molecule has 3 nitrogen and oxygen atoms in total. The van der Waals surface area contributed by atoms with Crippen molar-refractivity contribution in [2.75, 3.05) is 0 Å². The average Bonchev–Trinajstić information content (AvgIpc) is 3.24. The molecule has 0 bridgehead atoms. The zero-order valence-electron chi connectivity index (χ0n) is 17.7. The molecule has 0 saturated carbocycles. The first-order chi connectivity index (χ1) is 16.7. The molecule has 0 spiro atoms. The van der Waals surface area contributed by atoms with Crippen molar-refractivity contribution in [2.24, 2.45) is 0 Å². The number of pyridine rings is 2. The van der Waals surface area contributed by atoms with E-state index in [4.69, 9.17) is 4.98 Å². The summed E-state index contributed by atoms with van der Waals surface area (Å²) in [5.41, 5.74) is 4.73. The Morgan fingerprint density at radius 3 is 2.41 bits per heavy atom. The van der Waals surface area contributed by atoms with Crippen LogP contribution < -0.4 is 8.15 Å². The SMILES string of the molecule is Fc1cc(F)c(-c2ccccn2)[c]([Ir+][c]2cccnc2-c2cccc3c2[nH]c2ccccc23)c1. The normalized spacial score (nSPS) is 11.5. The maximum absolute atomic E-state index is 15.0. The second-order valence-electron chi connectivity index (χ2n) is 7.73. The summed E-state index contributed by atoms with van der Waals surface area (Å²) in [6, 6.07) is 25.9. The molecule has 0 aliphatic rings. The van der Waals surface area contributed by atoms with Crippen LogP contribution in [0.4, 0.5) is 8.78 Å². The molecule has 0 fully saturated rings. The molecule has 166 valence electrons. The van der Waals surface area contributed by atoms with Gasteiger partial charge in [-0.1, -0.05) is 0 Å². The number of aromatic amines is 1. The number of benzene rings is 3. The molecule has 3 aromatic heterocycles. The van der Waals surface area contributed by atoms with Crippen LogP contribution in [0.3, 0.4) is 0 Å². The Labute approximate surface area is 202 Å². The molecule has 0 saturated heterocycles. The van der Waals surface area contributed by atoms with Gasteiger partial charge in [-0.25, -0.2) is 0 Å². The Bertz CT molecular complexity index is 1660. The quantitative estimate of drug-likeness (QED) is 0.271. The second kappa shape index (κ2) is 8.56. The number of hydrogen-bond donors (Lipinski definition) is 1. The van der Waals surface area contributed by atoms with Crippen molar-refractivity contribution in [3.05, 3.63) is 109 Å². The van der Waals surface area contributed by atoms with Gasteiger partial charge in [0.1, 0.15) is 0 Å². The van der Waals surface area contributed by atoms with E-state index in [9.17, 15) is 8.78 Å². The van der Waals surface area contributed by atoms with E-state index in [1.165, 1.54) is 6.07 Å². The predicted molar refractivity (Wildman–Crippen MR) is 128 cm³/mol. The first-order valence-corrected chi connectivity index (χ1v) is 13.0. The molecular weight excluding hydrogens is 609 g/mol. The molecule has 0 radical (unpaired) electrons. The summed E-state index contributed by atoms with van der Waals surface area (Å²) in [5.74, 6) is -1.18. The summed E-state index contributed by atoms with van der Waals surface area (Å²) < 4.78 is 30.9. The Morgan fingerprint density at radius 1 is 0.706 bits per heavy atom. The van der Waals surface area contributed by atoms with Crippen molar-refractivity contribution < 1.29 is 26.5 Å². The van der Waals surface area contributed by atoms with Gasteiger partial charge in [-0.3, -0.25) is 0 Å². The number of para-hydroxylation sites is 2. The van der Waals surface area contributed by atoms with Crippen LogP contribution in [0.5, 0.6) is 0 Å². The number of fused-ring (bicyclic) bond motifs is 3. The van der Waals surface area contributed by atoms with Crippen LogP contribution >= 0.6 is 0 Å². The molecule has 0 aliphatic heterocycles. The van der Waals surface area contributed by atoms with Gasteiger partial charge in [0, 0.05) is 0 Å². The van der Waals surface area contributed by atoms with E-state index < -0.39 is 29.3 Å². The topological polar surface area (TPSA) is 41.6 Å². The monoisotopic (exact) mass is 626 g/mol. The van der Waals surface area contributed by atoms with Crippen molar-refractivity contribution >= 4 is 30.0 Å². The van der Waals surface area contributed by atoms with E-state index in [0.29, 0.717) is 15.3 Å². The van der Waals surface area contributed by atoms with Crippen LogP contribution in [0.1, 0.15) is 0 Å². The Balaban J connectivity index is 1.53. The van der Waals surface area contributed by atoms with Crippen molar-refractivity contribution in [1.82, 2.24) is 15.0 Å². The second-order valence-corrected chi connectivity index (χ2v) is 10.9. The number of nitrogens with zero attached hydrogens (tertiary/aromatic N) is 2. The van der Waals surface area contributed by atoms with Crippen LogP contribution in [0.2, 0.25) is 0 Å². The maximum atomic E-state index is 15.0. The fourth-order valence-corrected chi connectivity index (χ4v) is 7.43. The van der Waals surface area contributed by atoms with Crippen LogP contribution in [-0.2, 0) is 17.7 Å². The molecule has 0 aliphatic carbocycles. The number of hydrogen-bond acceptors (Lipinski definition) is 2. The van der Waals surface area contributed by atoms with Crippen LogP contribution in [0.25, 0.3) is 44.3 Å². The van der Waals surface area contributed by atoms with Gasteiger partial charge < -0.3 is 0 Å². The van der Waals surface area contributed by atoms with Crippen LogP contribution in [0, 0.1) is 11.6 Å². The van der Waals surface area contributed by atoms with E-state index in [0.717, 1.165) is 43.2 Å². The van der Waals surface area contributed by atoms with Crippen LogP contribution in [0.15, 0.2) is 97.3 Å². The van der Waals surface area contributed by atoms with Gasteiger partial charge in [0.05, 0.1) is 0 Å². The molecular formula is C28H17F2IrN3+. The third kappa shape index (κ3) is 3.61. The molecule has 0 amide bonds. The van der Waals surface area contributed by atoms with Gasteiger partial charge in [-0.15, -0.1) is 0 Å². The van der Waals surface area contributed by atoms with Gasteiger partial charge in [-0.05, 0) is 0 Å². The summed E-state index contributed by atoms with van der Waals surface area (Å²) in [5, 5.41) is 2.27. The third-order valence-electron chi connectivity index (χ3n) is 5.63. The summed E-state index contributed by atoms with van der Waals surface area (Å²) in [4.78, 5) is 12.6. The van der Waals surface area contributed by atoms with Gasteiger partial charge >= 0.3 is 203 Å². The zero-order valence-corrected chi connectivity index (χ0v) is 20.1. The van der Waals surface area contributed by atoms with Crippen molar-refractivity contribution in [3.63, 3.8) is 0 Å². The van der Waals surface area contributed by atoms with Gasteiger partial charge in [0.15, 0.2) is 0 Å². The number of aromatic nitrogens is 3. The van der Waals surface area contributed by atoms with Crippen molar-refractivity contribution in [2.45, 2.75) is 0 Å². The Hall–Kier alpha value is -3.73. The summed E-state index contributed by atoms with van der Waals surface area (Å²) in [7, 11) is 0. The summed E-state index contributed by atoms with van der Waals surface area (Å²) >= 11 is -1.15. The number of rotatable bonds is 4. The van der Waals surface area contributed by atoms with Crippen molar-refractivity contribution in [3.8, 4) is 22.5 Å². The standard InChI is InChI=1S/C17H11N2.C11H6F2N.Ir/c1-2-10-16-12(6-1)13-7-5-8-14(17(13)19-16)15-9-3-4-11-18-15;12-8-4-5-9(10(13)7-8)11-3-1-2-6-14-11;/h1-8,10-11,19H;1-4,6-7H;/q;;+1. The van der Waals surface area contributed by atoms with Gasteiger partial charge in [0.2, 0.25) is 0 Å². The molecule has 0 unspecified atom stereocenters. The molecule has 3 aromatic carbocycles. The minimum atomic E-state index is -1.15. The fraction of sp³-hybridized carbons (Fsp3) is 0. The molecule has 6 rings (SSSR count). The number of H-pyrrole nitrogens is 1. The first kappa shape index (κ1) is 20.8. The minimum absolute atomic E-state index is 0.362.